The van der Waals surface area contributed by atoms with E-state index >= 15 is 0 Å². The number of aryl methyl sites for hydroxylation is 3. The van der Waals surface area contributed by atoms with E-state index in [1.165, 1.54) is 0 Å². The highest BCUT2D eigenvalue weighted by Gasteiger charge is 2.09. The molecule has 21 heavy (non-hydrogen) atoms. The van der Waals surface area contributed by atoms with E-state index in [2.05, 4.69) is 32.1 Å². The summed E-state index contributed by atoms with van der Waals surface area (Å²) in [6.07, 6.45) is 1.58. The quantitative estimate of drug-likeness (QED) is 0.791. The van der Waals surface area contributed by atoms with E-state index < -0.39 is 0 Å². The van der Waals surface area contributed by atoms with Crippen molar-refractivity contribution in [2.45, 2.75) is 27.3 Å². The van der Waals surface area contributed by atoms with Gasteiger partial charge in [-0.15, -0.1) is 5.10 Å². The topological polar surface area (TPSA) is 81.7 Å². The maximum absolute atomic E-state index is 5.16. The lowest BCUT2D eigenvalue weighted by Gasteiger charge is -2.10. The first-order valence-corrected chi connectivity index (χ1v) is 6.65. The van der Waals surface area contributed by atoms with Gasteiger partial charge in [-0.05, 0) is 55.0 Å². The van der Waals surface area contributed by atoms with Gasteiger partial charge in [-0.3, -0.25) is 0 Å². The molecule has 108 valence electrons. The Morgan fingerprint density at radius 2 is 2.10 bits per heavy atom. The van der Waals surface area contributed by atoms with Crippen molar-refractivity contribution in [3.63, 3.8) is 0 Å². The first kappa shape index (κ1) is 13.3. The van der Waals surface area contributed by atoms with Crippen LogP contribution < -0.4 is 5.32 Å². The van der Waals surface area contributed by atoms with Gasteiger partial charge in [0.25, 0.3) is 0 Å². The molecule has 1 N–H and O–H groups in total. The summed E-state index contributed by atoms with van der Waals surface area (Å²) < 4.78 is 6.81. The number of tetrazole rings is 1. The fourth-order valence-electron chi connectivity index (χ4n) is 2.24. The maximum Gasteiger partial charge on any atom is 0.143 e. The minimum Gasteiger partial charge on any atom is -0.381 e. The van der Waals surface area contributed by atoms with Gasteiger partial charge in [0.15, 0.2) is 0 Å². The van der Waals surface area contributed by atoms with Gasteiger partial charge in [-0.2, -0.15) is 0 Å². The molecule has 0 atom stereocenters. The summed E-state index contributed by atoms with van der Waals surface area (Å²) in [6.45, 7) is 6.57. The Morgan fingerprint density at radius 3 is 2.71 bits per heavy atom. The van der Waals surface area contributed by atoms with E-state index in [0.717, 1.165) is 34.0 Å². The highest BCUT2D eigenvalue weighted by atomic mass is 16.5. The van der Waals surface area contributed by atoms with Crippen molar-refractivity contribution >= 4 is 5.69 Å². The average Bonchev–Trinajstić information content (AvgIpc) is 3.08. The second-order valence-electron chi connectivity index (χ2n) is 4.91. The molecule has 2 aromatic heterocycles. The molecule has 0 unspecified atom stereocenters. The number of hydrogen-bond donors (Lipinski definition) is 1. The van der Waals surface area contributed by atoms with E-state index in [9.17, 15) is 0 Å². The molecule has 3 rings (SSSR count). The SMILES string of the molecule is Cc1cc(NCc2c(C)noc2C)ccc1-n1cnnn1. The summed E-state index contributed by atoms with van der Waals surface area (Å²) in [5.74, 6) is 0.849. The second kappa shape index (κ2) is 5.35. The Hall–Kier alpha value is -2.70. The molecule has 7 heteroatoms. The molecule has 7 nitrogen and oxygen atoms in total. The van der Waals surface area contributed by atoms with Crippen LogP contribution in [0.2, 0.25) is 0 Å². The lowest BCUT2D eigenvalue weighted by Crippen LogP contribution is -2.03. The van der Waals surface area contributed by atoms with Gasteiger partial charge >= 0.3 is 0 Å². The molecule has 3 aromatic rings. The van der Waals surface area contributed by atoms with E-state index in [1.807, 2.05) is 32.9 Å². The second-order valence-corrected chi connectivity index (χ2v) is 4.91. The highest BCUT2D eigenvalue weighted by Crippen LogP contribution is 2.20. The van der Waals surface area contributed by atoms with E-state index in [1.54, 1.807) is 11.0 Å². The molecule has 1 aromatic carbocycles. The number of rotatable bonds is 4. The predicted octanol–water partition coefficient (Wildman–Crippen LogP) is 2.19. The van der Waals surface area contributed by atoms with Crippen molar-refractivity contribution in [3.8, 4) is 5.69 Å². The Labute approximate surface area is 122 Å². The van der Waals surface area contributed by atoms with E-state index in [-0.39, 0.29) is 0 Å². The van der Waals surface area contributed by atoms with Crippen molar-refractivity contribution in [2.75, 3.05) is 5.32 Å². The number of aromatic nitrogens is 5. The van der Waals surface area contributed by atoms with Crippen LogP contribution in [0.4, 0.5) is 5.69 Å². The summed E-state index contributed by atoms with van der Waals surface area (Å²) in [6, 6.07) is 6.05. The molecule has 2 heterocycles. The molecule has 0 aliphatic carbocycles. The largest absolute Gasteiger partial charge is 0.381 e. The van der Waals surface area contributed by atoms with Gasteiger partial charge in [0.1, 0.15) is 12.1 Å². The normalized spacial score (nSPS) is 10.8. The van der Waals surface area contributed by atoms with Gasteiger partial charge in [-0.25, -0.2) is 4.68 Å². The summed E-state index contributed by atoms with van der Waals surface area (Å²) in [5.41, 5.74) is 5.09. The number of hydrogen-bond acceptors (Lipinski definition) is 6. The van der Waals surface area contributed by atoms with Crippen molar-refractivity contribution in [1.82, 2.24) is 25.4 Å². The molecular weight excluding hydrogens is 268 g/mol. The lowest BCUT2D eigenvalue weighted by molar-refractivity contribution is 0.392. The molecule has 0 amide bonds. The minimum atomic E-state index is 0.685. The van der Waals surface area contributed by atoms with Crippen LogP contribution in [0.1, 0.15) is 22.6 Å². The monoisotopic (exact) mass is 284 g/mol. The van der Waals surface area contributed by atoms with Crippen molar-refractivity contribution in [2.24, 2.45) is 0 Å². The van der Waals surface area contributed by atoms with Crippen LogP contribution >= 0.6 is 0 Å². The molecule has 0 spiro atoms. The Morgan fingerprint density at radius 1 is 1.24 bits per heavy atom. The van der Waals surface area contributed by atoms with Crippen LogP contribution in [0, 0.1) is 20.8 Å². The Balaban J connectivity index is 1.77. The summed E-state index contributed by atoms with van der Waals surface area (Å²) in [4.78, 5) is 0. The molecule has 0 saturated heterocycles. The number of nitrogens with zero attached hydrogens (tertiary/aromatic N) is 5. The van der Waals surface area contributed by atoms with Crippen LogP contribution in [0.15, 0.2) is 29.0 Å². The average molecular weight is 284 g/mol. The Bertz CT molecular complexity index is 727. The lowest BCUT2D eigenvalue weighted by atomic mass is 10.1. The van der Waals surface area contributed by atoms with Gasteiger partial charge in [0, 0.05) is 17.8 Å². The molecule has 0 radical (unpaired) electrons. The van der Waals surface area contributed by atoms with Crippen LogP contribution in [0.5, 0.6) is 0 Å². The third kappa shape index (κ3) is 2.62. The summed E-state index contributed by atoms with van der Waals surface area (Å²) in [7, 11) is 0. The molecule has 0 saturated carbocycles. The predicted molar refractivity (Wildman–Crippen MR) is 77.2 cm³/mol. The molecule has 0 aliphatic heterocycles. The van der Waals surface area contributed by atoms with Crippen molar-refractivity contribution < 1.29 is 4.52 Å². The first-order chi connectivity index (χ1) is 10.1. The molecular formula is C14H16N6O. The van der Waals surface area contributed by atoms with Gasteiger partial charge in [0.2, 0.25) is 0 Å². The van der Waals surface area contributed by atoms with Crippen LogP contribution in [0.25, 0.3) is 5.69 Å². The zero-order valence-corrected chi connectivity index (χ0v) is 12.2. The molecule has 0 aliphatic rings. The standard InChI is InChI=1S/C14H16N6O/c1-9-6-12(4-5-14(9)20-8-16-18-19-20)15-7-13-10(2)17-21-11(13)3/h4-6,8,15H,7H2,1-3H3. The highest BCUT2D eigenvalue weighted by molar-refractivity contribution is 5.53. The third-order valence-electron chi connectivity index (χ3n) is 3.44. The maximum atomic E-state index is 5.16. The van der Waals surface area contributed by atoms with E-state index in [0.29, 0.717) is 6.54 Å². The van der Waals surface area contributed by atoms with Crippen LogP contribution in [-0.4, -0.2) is 25.4 Å². The zero-order chi connectivity index (χ0) is 14.8. The van der Waals surface area contributed by atoms with Crippen LogP contribution in [-0.2, 0) is 6.54 Å². The molecule has 0 fully saturated rings. The van der Waals surface area contributed by atoms with Crippen LogP contribution in [0.3, 0.4) is 0 Å². The number of nitrogens with one attached hydrogen (secondary N) is 1. The van der Waals surface area contributed by atoms with Crippen molar-refractivity contribution in [1.29, 1.82) is 0 Å². The van der Waals surface area contributed by atoms with Gasteiger partial charge in [-0.1, -0.05) is 5.16 Å². The number of benzene rings is 1. The van der Waals surface area contributed by atoms with Crippen molar-refractivity contribution in [3.05, 3.63) is 47.1 Å². The Kier molecular flexibility index (Phi) is 3.39. The third-order valence-corrected chi connectivity index (χ3v) is 3.44. The fourth-order valence-corrected chi connectivity index (χ4v) is 2.24. The minimum absolute atomic E-state index is 0.685. The molecule has 0 bridgehead atoms. The number of anilines is 1. The fraction of sp³-hybridized carbons (Fsp3) is 0.286. The summed E-state index contributed by atoms with van der Waals surface area (Å²) >= 11 is 0. The zero-order valence-electron chi connectivity index (χ0n) is 12.2. The van der Waals surface area contributed by atoms with E-state index in [4.69, 9.17) is 4.52 Å². The van der Waals surface area contributed by atoms with Gasteiger partial charge in [0.05, 0.1) is 11.4 Å². The first-order valence-electron chi connectivity index (χ1n) is 6.65. The van der Waals surface area contributed by atoms with Gasteiger partial charge < -0.3 is 9.84 Å². The smallest absolute Gasteiger partial charge is 0.143 e. The summed E-state index contributed by atoms with van der Waals surface area (Å²) in [5, 5.41) is 18.5.